The second-order valence-corrected chi connectivity index (χ2v) is 2.83. The van der Waals surface area contributed by atoms with Gasteiger partial charge in [-0.3, -0.25) is 9.59 Å². The number of halogens is 1. The second-order valence-electron chi connectivity index (χ2n) is 2.83. The van der Waals surface area contributed by atoms with Crippen molar-refractivity contribution < 1.29 is 14.0 Å². The molecule has 1 amide bonds. The molecule has 0 aliphatic carbocycles. The molecule has 0 spiro atoms. The molecule has 0 radical (unpaired) electrons. The fourth-order valence-electron chi connectivity index (χ4n) is 1.05. The van der Waals surface area contributed by atoms with Gasteiger partial charge in [-0.15, -0.1) is 0 Å². The van der Waals surface area contributed by atoms with Gasteiger partial charge in [0.25, 0.3) is 5.91 Å². The SMILES string of the molecule is CNC(=O)c1ccc(C(C)=O)cc1F. The summed E-state index contributed by atoms with van der Waals surface area (Å²) in [5.41, 5.74) is 0.202. The number of carbonyl (C=O) groups is 2. The first-order chi connectivity index (χ1) is 6.56. The van der Waals surface area contributed by atoms with Crippen molar-refractivity contribution in [3.05, 3.63) is 35.1 Å². The van der Waals surface area contributed by atoms with Crippen molar-refractivity contribution in [3.63, 3.8) is 0 Å². The number of benzene rings is 1. The molecule has 1 rings (SSSR count). The molecule has 3 nitrogen and oxygen atoms in total. The first kappa shape index (κ1) is 10.4. The van der Waals surface area contributed by atoms with Crippen LogP contribution in [0.3, 0.4) is 0 Å². The third kappa shape index (κ3) is 1.96. The zero-order valence-corrected chi connectivity index (χ0v) is 7.93. The van der Waals surface area contributed by atoms with Crippen LogP contribution >= 0.6 is 0 Å². The van der Waals surface area contributed by atoms with Crippen molar-refractivity contribution in [2.75, 3.05) is 7.05 Å². The van der Waals surface area contributed by atoms with Crippen molar-refractivity contribution in [3.8, 4) is 0 Å². The Bertz CT molecular complexity index is 388. The van der Waals surface area contributed by atoms with Gasteiger partial charge in [0.2, 0.25) is 0 Å². The number of rotatable bonds is 2. The van der Waals surface area contributed by atoms with Gasteiger partial charge in [0.1, 0.15) is 5.82 Å². The van der Waals surface area contributed by atoms with Crippen molar-refractivity contribution in [2.24, 2.45) is 0 Å². The number of hydrogen-bond donors (Lipinski definition) is 1. The minimum Gasteiger partial charge on any atom is -0.355 e. The number of hydrogen-bond acceptors (Lipinski definition) is 2. The van der Waals surface area contributed by atoms with E-state index in [1.54, 1.807) is 0 Å². The molecule has 0 aliphatic heterocycles. The highest BCUT2D eigenvalue weighted by atomic mass is 19.1. The second kappa shape index (κ2) is 4.00. The van der Waals surface area contributed by atoms with E-state index in [4.69, 9.17) is 0 Å². The number of Topliss-reactive ketones (excluding diaryl/α,β-unsaturated/α-hetero) is 1. The van der Waals surface area contributed by atoms with Crippen LogP contribution in [0.5, 0.6) is 0 Å². The molecule has 0 atom stereocenters. The maximum Gasteiger partial charge on any atom is 0.253 e. The normalized spacial score (nSPS) is 9.64. The standard InChI is InChI=1S/C10H10FNO2/c1-6(13)7-3-4-8(9(11)5-7)10(14)12-2/h3-5H,1-2H3,(H,12,14). The summed E-state index contributed by atoms with van der Waals surface area (Å²) in [5.74, 6) is -1.41. The largest absolute Gasteiger partial charge is 0.355 e. The van der Waals surface area contributed by atoms with Crippen molar-refractivity contribution in [2.45, 2.75) is 6.92 Å². The van der Waals surface area contributed by atoms with E-state index in [9.17, 15) is 14.0 Å². The summed E-state index contributed by atoms with van der Waals surface area (Å²) >= 11 is 0. The van der Waals surface area contributed by atoms with E-state index >= 15 is 0 Å². The van der Waals surface area contributed by atoms with Crippen LogP contribution in [-0.4, -0.2) is 18.7 Å². The van der Waals surface area contributed by atoms with Gasteiger partial charge in [-0.25, -0.2) is 4.39 Å². The Kier molecular flexibility index (Phi) is 2.96. The van der Waals surface area contributed by atoms with Gasteiger partial charge in [0.15, 0.2) is 5.78 Å². The molecule has 0 saturated heterocycles. The summed E-state index contributed by atoms with van der Waals surface area (Å²) in [7, 11) is 1.42. The Labute approximate surface area is 80.9 Å². The zero-order chi connectivity index (χ0) is 10.7. The number of ketones is 1. The molecule has 0 unspecified atom stereocenters. The molecule has 74 valence electrons. The van der Waals surface area contributed by atoms with E-state index in [1.807, 2.05) is 0 Å². The average Bonchev–Trinajstić information content (AvgIpc) is 2.16. The molecule has 4 heteroatoms. The highest BCUT2D eigenvalue weighted by molar-refractivity contribution is 5.97. The summed E-state index contributed by atoms with van der Waals surface area (Å²) in [6, 6.07) is 3.79. The predicted octanol–water partition coefficient (Wildman–Crippen LogP) is 1.39. The smallest absolute Gasteiger partial charge is 0.253 e. The maximum atomic E-state index is 13.2. The Morgan fingerprint density at radius 1 is 1.36 bits per heavy atom. The van der Waals surface area contributed by atoms with Gasteiger partial charge in [0.05, 0.1) is 5.56 Å². The molecule has 14 heavy (non-hydrogen) atoms. The maximum absolute atomic E-state index is 13.2. The van der Waals surface area contributed by atoms with Crippen molar-refractivity contribution in [1.29, 1.82) is 0 Å². The molecular weight excluding hydrogens is 185 g/mol. The summed E-state index contributed by atoms with van der Waals surface area (Å²) in [4.78, 5) is 22.0. The van der Waals surface area contributed by atoms with Crippen molar-refractivity contribution in [1.82, 2.24) is 5.32 Å². The molecular formula is C10H10FNO2. The van der Waals surface area contributed by atoms with E-state index in [0.717, 1.165) is 6.07 Å². The molecule has 0 bridgehead atoms. The molecule has 1 N–H and O–H groups in total. The van der Waals surface area contributed by atoms with Crippen molar-refractivity contribution >= 4 is 11.7 Å². The minimum absolute atomic E-state index is 0.0579. The summed E-state index contributed by atoms with van der Waals surface area (Å²) in [6.45, 7) is 1.34. The lowest BCUT2D eigenvalue weighted by molar-refractivity contribution is 0.0956. The molecule has 0 aromatic heterocycles. The van der Waals surface area contributed by atoms with Gasteiger partial charge in [-0.1, -0.05) is 6.07 Å². The van der Waals surface area contributed by atoms with E-state index in [1.165, 1.54) is 26.1 Å². The summed E-state index contributed by atoms with van der Waals surface area (Å²) < 4.78 is 13.2. The first-order valence-corrected chi connectivity index (χ1v) is 4.09. The molecule has 0 saturated carbocycles. The Hall–Kier alpha value is -1.71. The third-order valence-electron chi connectivity index (χ3n) is 1.85. The quantitative estimate of drug-likeness (QED) is 0.725. The number of carbonyl (C=O) groups excluding carboxylic acids is 2. The van der Waals surface area contributed by atoms with Crippen LogP contribution in [0.2, 0.25) is 0 Å². The highest BCUT2D eigenvalue weighted by Gasteiger charge is 2.11. The minimum atomic E-state index is -0.683. The fourth-order valence-corrected chi connectivity index (χ4v) is 1.05. The molecule has 1 aromatic rings. The zero-order valence-electron chi connectivity index (χ0n) is 7.93. The third-order valence-corrected chi connectivity index (χ3v) is 1.85. The molecule has 0 heterocycles. The molecule has 0 fully saturated rings. The molecule has 1 aromatic carbocycles. The number of amides is 1. The first-order valence-electron chi connectivity index (χ1n) is 4.09. The lowest BCUT2D eigenvalue weighted by atomic mass is 10.1. The van der Waals surface area contributed by atoms with E-state index in [0.29, 0.717) is 0 Å². The van der Waals surface area contributed by atoms with E-state index in [2.05, 4.69) is 5.32 Å². The average molecular weight is 195 g/mol. The van der Waals surface area contributed by atoms with Gasteiger partial charge >= 0.3 is 0 Å². The highest BCUT2D eigenvalue weighted by Crippen LogP contribution is 2.10. The number of nitrogens with one attached hydrogen (secondary N) is 1. The van der Waals surface area contributed by atoms with Crippen LogP contribution in [-0.2, 0) is 0 Å². The summed E-state index contributed by atoms with van der Waals surface area (Å²) in [6.07, 6.45) is 0. The van der Waals surface area contributed by atoms with Crippen LogP contribution in [0.4, 0.5) is 4.39 Å². The van der Waals surface area contributed by atoms with Crippen LogP contribution in [0, 0.1) is 5.82 Å². The summed E-state index contributed by atoms with van der Waals surface area (Å²) in [5, 5.41) is 2.31. The topological polar surface area (TPSA) is 46.2 Å². The Morgan fingerprint density at radius 3 is 2.43 bits per heavy atom. The van der Waals surface area contributed by atoms with E-state index in [-0.39, 0.29) is 16.9 Å². The van der Waals surface area contributed by atoms with Gasteiger partial charge in [-0.2, -0.15) is 0 Å². The monoisotopic (exact) mass is 195 g/mol. The van der Waals surface area contributed by atoms with Crippen LogP contribution in [0.1, 0.15) is 27.6 Å². The lowest BCUT2D eigenvalue weighted by Crippen LogP contribution is -2.19. The van der Waals surface area contributed by atoms with Crippen LogP contribution < -0.4 is 5.32 Å². The van der Waals surface area contributed by atoms with Crippen LogP contribution in [0.15, 0.2) is 18.2 Å². The Balaban J connectivity index is 3.14. The van der Waals surface area contributed by atoms with Gasteiger partial charge in [0, 0.05) is 12.6 Å². The van der Waals surface area contributed by atoms with Gasteiger partial charge < -0.3 is 5.32 Å². The van der Waals surface area contributed by atoms with E-state index < -0.39 is 11.7 Å². The Morgan fingerprint density at radius 2 is 2.00 bits per heavy atom. The lowest BCUT2D eigenvalue weighted by Gasteiger charge is -2.02. The van der Waals surface area contributed by atoms with Crippen LogP contribution in [0.25, 0.3) is 0 Å². The predicted molar refractivity (Wildman–Crippen MR) is 49.8 cm³/mol. The molecule has 0 aliphatic rings. The fraction of sp³-hybridized carbons (Fsp3) is 0.200. The van der Waals surface area contributed by atoms with Gasteiger partial charge in [-0.05, 0) is 19.1 Å².